The molecule has 0 radical (unpaired) electrons. The first-order valence-corrected chi connectivity index (χ1v) is 8.45. The standard InChI is InChI=1S/C20H23N3O2/c1-16-8-10-18(11-9-16)23-13-12-22(15-20(23)25)19(24)14-21(2)17-6-4-3-5-7-17/h3-11H,12-15H2,1-2H3. The number of piperazine rings is 1. The fourth-order valence-electron chi connectivity index (χ4n) is 2.96. The lowest BCUT2D eigenvalue weighted by Gasteiger charge is -2.35. The second-order valence-corrected chi connectivity index (χ2v) is 6.39. The van der Waals surface area contributed by atoms with E-state index in [1.807, 2.05) is 73.5 Å². The van der Waals surface area contributed by atoms with E-state index < -0.39 is 0 Å². The van der Waals surface area contributed by atoms with Crippen LogP contribution in [0.2, 0.25) is 0 Å². The molecule has 0 aromatic heterocycles. The number of hydrogen-bond donors (Lipinski definition) is 0. The zero-order chi connectivity index (χ0) is 17.8. The van der Waals surface area contributed by atoms with Crippen LogP contribution in [-0.2, 0) is 9.59 Å². The van der Waals surface area contributed by atoms with Gasteiger partial charge in [0.15, 0.2) is 0 Å². The molecule has 2 aromatic rings. The minimum absolute atomic E-state index is 0.0248. The molecule has 5 heteroatoms. The molecule has 0 aliphatic carbocycles. The molecule has 25 heavy (non-hydrogen) atoms. The summed E-state index contributed by atoms with van der Waals surface area (Å²) in [6, 6.07) is 17.7. The van der Waals surface area contributed by atoms with Crippen molar-refractivity contribution in [3.05, 3.63) is 60.2 Å². The lowest BCUT2D eigenvalue weighted by atomic mass is 10.2. The molecule has 1 heterocycles. The summed E-state index contributed by atoms with van der Waals surface area (Å²) < 4.78 is 0. The summed E-state index contributed by atoms with van der Waals surface area (Å²) in [5.41, 5.74) is 3.04. The maximum atomic E-state index is 12.5. The maximum absolute atomic E-state index is 12.5. The fraction of sp³-hybridized carbons (Fsp3) is 0.300. The number of benzene rings is 2. The Morgan fingerprint density at radius 2 is 1.72 bits per heavy atom. The Bertz CT molecular complexity index is 743. The first-order valence-electron chi connectivity index (χ1n) is 8.45. The zero-order valence-electron chi connectivity index (χ0n) is 14.7. The first-order chi connectivity index (χ1) is 12.0. The molecule has 1 saturated heterocycles. The molecule has 0 atom stereocenters. The summed E-state index contributed by atoms with van der Waals surface area (Å²) in [7, 11) is 1.89. The molecule has 2 aromatic carbocycles. The topological polar surface area (TPSA) is 43.9 Å². The zero-order valence-corrected chi connectivity index (χ0v) is 14.7. The molecule has 1 fully saturated rings. The molecule has 1 aliphatic rings. The highest BCUT2D eigenvalue weighted by Gasteiger charge is 2.28. The van der Waals surface area contributed by atoms with Crippen LogP contribution in [0.3, 0.4) is 0 Å². The summed E-state index contributed by atoms with van der Waals surface area (Å²) in [6.45, 7) is 3.51. The average molecular weight is 337 g/mol. The second kappa shape index (κ2) is 7.38. The molecule has 5 nitrogen and oxygen atoms in total. The van der Waals surface area contributed by atoms with Crippen molar-refractivity contribution in [3.8, 4) is 0 Å². The van der Waals surface area contributed by atoms with E-state index in [1.165, 1.54) is 0 Å². The van der Waals surface area contributed by atoms with Gasteiger partial charge in [-0.25, -0.2) is 0 Å². The minimum Gasteiger partial charge on any atom is -0.365 e. The Morgan fingerprint density at radius 3 is 2.36 bits per heavy atom. The highest BCUT2D eigenvalue weighted by molar-refractivity contribution is 5.98. The summed E-state index contributed by atoms with van der Waals surface area (Å²) in [5, 5.41) is 0. The van der Waals surface area contributed by atoms with Gasteiger partial charge in [-0.15, -0.1) is 0 Å². The van der Waals surface area contributed by atoms with Crippen molar-refractivity contribution in [1.29, 1.82) is 0 Å². The predicted molar refractivity (Wildman–Crippen MR) is 99.8 cm³/mol. The number of amides is 2. The van der Waals surface area contributed by atoms with Gasteiger partial charge in [-0.2, -0.15) is 0 Å². The van der Waals surface area contributed by atoms with E-state index in [-0.39, 0.29) is 24.9 Å². The molecule has 1 aliphatic heterocycles. The molecule has 0 N–H and O–H groups in total. The van der Waals surface area contributed by atoms with Crippen molar-refractivity contribution < 1.29 is 9.59 Å². The molecule has 3 rings (SSSR count). The molecule has 2 amide bonds. The van der Waals surface area contributed by atoms with Crippen LogP contribution in [0.15, 0.2) is 54.6 Å². The Morgan fingerprint density at radius 1 is 1.04 bits per heavy atom. The van der Waals surface area contributed by atoms with Gasteiger partial charge in [0, 0.05) is 31.5 Å². The van der Waals surface area contributed by atoms with E-state index in [4.69, 9.17) is 0 Å². The summed E-state index contributed by atoms with van der Waals surface area (Å²) in [4.78, 5) is 30.3. The number of aryl methyl sites for hydroxylation is 1. The van der Waals surface area contributed by atoms with Crippen molar-refractivity contribution >= 4 is 23.2 Å². The quantitative estimate of drug-likeness (QED) is 0.860. The Labute approximate surface area is 148 Å². The number of carbonyl (C=O) groups is 2. The van der Waals surface area contributed by atoms with Crippen molar-refractivity contribution in [1.82, 2.24) is 4.90 Å². The monoisotopic (exact) mass is 337 g/mol. The van der Waals surface area contributed by atoms with E-state index in [0.717, 1.165) is 16.9 Å². The molecular weight excluding hydrogens is 314 g/mol. The van der Waals surface area contributed by atoms with E-state index in [9.17, 15) is 9.59 Å². The summed E-state index contributed by atoms with van der Waals surface area (Å²) in [5.74, 6) is -0.0610. The Balaban J connectivity index is 1.59. The minimum atomic E-state index is -0.0363. The van der Waals surface area contributed by atoms with Crippen molar-refractivity contribution in [2.75, 3.05) is 43.0 Å². The SMILES string of the molecule is Cc1ccc(N2CCN(C(=O)CN(C)c3ccccc3)CC2=O)cc1. The van der Waals surface area contributed by atoms with Crippen molar-refractivity contribution in [3.63, 3.8) is 0 Å². The molecule has 0 unspecified atom stereocenters. The van der Waals surface area contributed by atoms with E-state index >= 15 is 0 Å². The third-order valence-electron chi connectivity index (χ3n) is 4.49. The van der Waals surface area contributed by atoms with Crippen LogP contribution in [0.25, 0.3) is 0 Å². The summed E-state index contributed by atoms with van der Waals surface area (Å²) >= 11 is 0. The van der Waals surface area contributed by atoms with Gasteiger partial charge in [0.05, 0.1) is 6.54 Å². The van der Waals surface area contributed by atoms with Gasteiger partial charge in [-0.1, -0.05) is 35.9 Å². The Hall–Kier alpha value is -2.82. The van der Waals surface area contributed by atoms with Gasteiger partial charge < -0.3 is 14.7 Å². The largest absolute Gasteiger partial charge is 0.365 e. The molecule has 0 saturated carbocycles. The summed E-state index contributed by atoms with van der Waals surface area (Å²) in [6.07, 6.45) is 0. The van der Waals surface area contributed by atoms with Crippen molar-refractivity contribution in [2.24, 2.45) is 0 Å². The number of anilines is 2. The second-order valence-electron chi connectivity index (χ2n) is 6.39. The number of likely N-dealkylation sites (N-methyl/N-ethyl adjacent to an activating group) is 1. The predicted octanol–water partition coefficient (Wildman–Crippen LogP) is 2.31. The molecule has 0 bridgehead atoms. The number of rotatable bonds is 4. The van der Waals surface area contributed by atoms with E-state index in [0.29, 0.717) is 13.1 Å². The third-order valence-corrected chi connectivity index (χ3v) is 4.49. The number of para-hydroxylation sites is 1. The van der Waals surface area contributed by atoms with Gasteiger partial charge in [0.25, 0.3) is 0 Å². The van der Waals surface area contributed by atoms with Gasteiger partial charge in [0.1, 0.15) is 6.54 Å². The van der Waals surface area contributed by atoms with Crippen LogP contribution < -0.4 is 9.80 Å². The lowest BCUT2D eigenvalue weighted by Crippen LogP contribution is -2.54. The number of carbonyl (C=O) groups excluding carboxylic acids is 2. The molecular formula is C20H23N3O2. The van der Waals surface area contributed by atoms with Gasteiger partial charge in [-0.05, 0) is 31.2 Å². The first kappa shape index (κ1) is 17.0. The average Bonchev–Trinajstić information content (AvgIpc) is 2.63. The maximum Gasteiger partial charge on any atom is 0.246 e. The molecule has 0 spiro atoms. The smallest absolute Gasteiger partial charge is 0.246 e. The molecule has 130 valence electrons. The Kier molecular flexibility index (Phi) is 5.03. The van der Waals surface area contributed by atoms with E-state index in [2.05, 4.69) is 0 Å². The lowest BCUT2D eigenvalue weighted by molar-refractivity contribution is -0.135. The van der Waals surface area contributed by atoms with Crippen LogP contribution in [-0.4, -0.2) is 49.9 Å². The highest BCUT2D eigenvalue weighted by atomic mass is 16.2. The van der Waals surface area contributed by atoms with Crippen LogP contribution >= 0.6 is 0 Å². The van der Waals surface area contributed by atoms with Crippen LogP contribution in [0.4, 0.5) is 11.4 Å². The highest BCUT2D eigenvalue weighted by Crippen LogP contribution is 2.18. The normalized spacial score (nSPS) is 14.6. The van der Waals surface area contributed by atoms with Gasteiger partial charge in [-0.3, -0.25) is 9.59 Å². The van der Waals surface area contributed by atoms with Crippen molar-refractivity contribution in [2.45, 2.75) is 6.92 Å². The fourth-order valence-corrected chi connectivity index (χ4v) is 2.96. The van der Waals surface area contributed by atoms with Gasteiger partial charge in [0.2, 0.25) is 11.8 Å². The number of nitrogens with zero attached hydrogens (tertiary/aromatic N) is 3. The van der Waals surface area contributed by atoms with Crippen LogP contribution in [0.1, 0.15) is 5.56 Å². The van der Waals surface area contributed by atoms with Crippen LogP contribution in [0.5, 0.6) is 0 Å². The third kappa shape index (κ3) is 3.99. The van der Waals surface area contributed by atoms with Gasteiger partial charge >= 0.3 is 0 Å². The van der Waals surface area contributed by atoms with E-state index in [1.54, 1.807) is 9.80 Å². The van der Waals surface area contributed by atoms with Crippen LogP contribution in [0, 0.1) is 6.92 Å². The number of hydrogen-bond acceptors (Lipinski definition) is 3.